The zero-order chi connectivity index (χ0) is 20.9. The molecule has 0 radical (unpaired) electrons. The third-order valence-corrected chi connectivity index (χ3v) is 4.85. The fourth-order valence-electron chi connectivity index (χ4n) is 3.03. The molecule has 2 heterocycles. The summed E-state index contributed by atoms with van der Waals surface area (Å²) in [6.45, 7) is 2.03. The Morgan fingerprint density at radius 1 is 1.03 bits per heavy atom. The fraction of sp³-hybridized carbons (Fsp3) is 0.0870. The summed E-state index contributed by atoms with van der Waals surface area (Å²) in [5.74, 6) is 0.811. The van der Waals surface area contributed by atoms with Gasteiger partial charge in [0.1, 0.15) is 10.9 Å². The third kappa shape index (κ3) is 4.18. The molecule has 0 aliphatic carbocycles. The van der Waals surface area contributed by atoms with Gasteiger partial charge in [-0.15, -0.1) is 0 Å². The van der Waals surface area contributed by atoms with Gasteiger partial charge in [0.15, 0.2) is 0 Å². The van der Waals surface area contributed by atoms with Crippen LogP contribution in [0, 0.1) is 6.92 Å². The zero-order valence-corrected chi connectivity index (χ0v) is 17.0. The molecule has 30 heavy (non-hydrogen) atoms. The molecule has 0 aliphatic rings. The lowest BCUT2D eigenvalue weighted by molar-refractivity contribution is 0.0950. The normalized spacial score (nSPS) is 10.6. The van der Waals surface area contributed by atoms with Crippen molar-refractivity contribution in [1.82, 2.24) is 20.1 Å². The highest BCUT2D eigenvalue weighted by molar-refractivity contribution is 6.33. The number of carbonyl (C=O) groups is 1. The van der Waals surface area contributed by atoms with Crippen molar-refractivity contribution in [1.29, 1.82) is 0 Å². The largest absolute Gasteiger partial charge is 0.439 e. The number of rotatable bonds is 6. The number of hydrogen-bond acceptors (Lipinski definition) is 4. The van der Waals surface area contributed by atoms with Gasteiger partial charge >= 0.3 is 0 Å². The minimum Gasteiger partial charge on any atom is -0.439 e. The molecule has 7 heteroatoms. The van der Waals surface area contributed by atoms with Crippen LogP contribution in [0.5, 0.6) is 11.6 Å². The number of aryl methyl sites for hydroxylation is 1. The van der Waals surface area contributed by atoms with E-state index in [4.69, 9.17) is 16.3 Å². The molecule has 4 aromatic rings. The van der Waals surface area contributed by atoms with Gasteiger partial charge < -0.3 is 10.1 Å². The SMILES string of the molecule is Cc1nn(-c2ccccc2)c(Cl)c1C(=O)NCc1ccccc1Oc1ccccn1. The Kier molecular flexibility index (Phi) is 5.77. The van der Waals surface area contributed by atoms with Gasteiger partial charge in [0.2, 0.25) is 5.88 Å². The van der Waals surface area contributed by atoms with Crippen LogP contribution in [-0.2, 0) is 6.54 Å². The number of amides is 1. The maximum Gasteiger partial charge on any atom is 0.256 e. The highest BCUT2D eigenvalue weighted by Gasteiger charge is 2.21. The summed E-state index contributed by atoms with van der Waals surface area (Å²) in [7, 11) is 0. The molecule has 2 aromatic carbocycles. The highest BCUT2D eigenvalue weighted by Crippen LogP contribution is 2.25. The summed E-state index contributed by atoms with van der Waals surface area (Å²) in [5, 5.41) is 7.60. The van der Waals surface area contributed by atoms with Crippen LogP contribution in [0.4, 0.5) is 0 Å². The molecular formula is C23H19ClN4O2. The summed E-state index contributed by atoms with van der Waals surface area (Å²) in [6, 6.07) is 22.4. The maximum absolute atomic E-state index is 12.9. The van der Waals surface area contributed by atoms with Crippen LogP contribution in [0.3, 0.4) is 0 Å². The van der Waals surface area contributed by atoms with Crippen LogP contribution in [0.2, 0.25) is 5.15 Å². The highest BCUT2D eigenvalue weighted by atomic mass is 35.5. The van der Waals surface area contributed by atoms with Crippen molar-refractivity contribution >= 4 is 17.5 Å². The zero-order valence-electron chi connectivity index (χ0n) is 16.2. The number of carbonyl (C=O) groups excluding carboxylic acids is 1. The second-order valence-electron chi connectivity index (χ2n) is 6.56. The summed E-state index contributed by atoms with van der Waals surface area (Å²) in [6.07, 6.45) is 1.66. The van der Waals surface area contributed by atoms with Gasteiger partial charge in [-0.3, -0.25) is 4.79 Å². The molecule has 0 atom stereocenters. The van der Waals surface area contributed by atoms with E-state index in [0.29, 0.717) is 22.9 Å². The number of hydrogen-bond donors (Lipinski definition) is 1. The number of aromatic nitrogens is 3. The molecule has 0 unspecified atom stereocenters. The summed E-state index contributed by atoms with van der Waals surface area (Å²) >= 11 is 6.49. The van der Waals surface area contributed by atoms with Crippen LogP contribution in [0.25, 0.3) is 5.69 Å². The van der Waals surface area contributed by atoms with Gasteiger partial charge in [-0.2, -0.15) is 5.10 Å². The van der Waals surface area contributed by atoms with Crippen LogP contribution in [0.15, 0.2) is 79.0 Å². The van der Waals surface area contributed by atoms with E-state index in [0.717, 1.165) is 11.3 Å². The Bertz CT molecular complexity index is 1160. The van der Waals surface area contributed by atoms with E-state index in [1.807, 2.05) is 66.7 Å². The lowest BCUT2D eigenvalue weighted by atomic mass is 10.2. The molecule has 4 rings (SSSR count). The number of nitrogens with zero attached hydrogens (tertiary/aromatic N) is 3. The van der Waals surface area contributed by atoms with Gasteiger partial charge in [-0.1, -0.05) is 54.1 Å². The van der Waals surface area contributed by atoms with E-state index in [9.17, 15) is 4.79 Å². The van der Waals surface area contributed by atoms with Crippen molar-refractivity contribution in [2.75, 3.05) is 0 Å². The second-order valence-corrected chi connectivity index (χ2v) is 6.92. The Morgan fingerprint density at radius 2 is 1.77 bits per heavy atom. The molecular weight excluding hydrogens is 400 g/mol. The molecule has 150 valence electrons. The van der Waals surface area contributed by atoms with E-state index in [-0.39, 0.29) is 17.6 Å². The fourth-order valence-corrected chi connectivity index (χ4v) is 3.39. The third-order valence-electron chi connectivity index (χ3n) is 4.50. The first-order chi connectivity index (χ1) is 14.6. The number of para-hydroxylation sites is 2. The van der Waals surface area contributed by atoms with Gasteiger partial charge in [0, 0.05) is 24.4 Å². The Hall–Kier alpha value is -3.64. The number of halogens is 1. The molecule has 0 aliphatic heterocycles. The minimum atomic E-state index is -0.299. The van der Waals surface area contributed by atoms with Crippen LogP contribution >= 0.6 is 11.6 Å². The predicted molar refractivity (Wildman–Crippen MR) is 115 cm³/mol. The minimum absolute atomic E-state index is 0.272. The van der Waals surface area contributed by atoms with Gasteiger partial charge in [0.25, 0.3) is 5.91 Å². The van der Waals surface area contributed by atoms with E-state index < -0.39 is 0 Å². The van der Waals surface area contributed by atoms with Gasteiger partial charge in [0.05, 0.1) is 16.9 Å². The van der Waals surface area contributed by atoms with E-state index in [1.165, 1.54) is 0 Å². The molecule has 0 spiro atoms. The first-order valence-electron chi connectivity index (χ1n) is 9.39. The molecule has 0 fully saturated rings. The predicted octanol–water partition coefficient (Wildman–Crippen LogP) is 4.95. The second kappa shape index (κ2) is 8.80. The lowest BCUT2D eigenvalue weighted by Crippen LogP contribution is -2.23. The first kappa shape index (κ1) is 19.7. The first-order valence-corrected chi connectivity index (χ1v) is 9.77. The van der Waals surface area contributed by atoms with Crippen LogP contribution in [0.1, 0.15) is 21.6 Å². The number of benzene rings is 2. The Balaban J connectivity index is 1.52. The molecule has 0 bridgehead atoms. The standard InChI is InChI=1S/C23H19ClN4O2/c1-16-21(22(24)28(27-16)18-10-3-2-4-11-18)23(29)26-15-17-9-5-6-12-19(17)30-20-13-7-8-14-25-20/h2-14H,15H2,1H3,(H,26,29). The quantitative estimate of drug-likeness (QED) is 0.481. The summed E-state index contributed by atoms with van der Waals surface area (Å²) in [5.41, 5.74) is 2.52. The molecule has 0 saturated carbocycles. The average molecular weight is 419 g/mol. The number of ether oxygens (including phenoxy) is 1. The Labute approximate surface area is 179 Å². The summed E-state index contributed by atoms with van der Waals surface area (Å²) in [4.78, 5) is 17.0. The van der Waals surface area contributed by atoms with E-state index >= 15 is 0 Å². The van der Waals surface area contributed by atoms with Crippen LogP contribution in [-0.4, -0.2) is 20.7 Å². The monoisotopic (exact) mass is 418 g/mol. The smallest absolute Gasteiger partial charge is 0.256 e. The van der Waals surface area contributed by atoms with Gasteiger partial charge in [-0.25, -0.2) is 9.67 Å². The molecule has 6 nitrogen and oxygen atoms in total. The molecule has 2 aromatic heterocycles. The van der Waals surface area contributed by atoms with Crippen molar-refractivity contribution in [2.24, 2.45) is 0 Å². The average Bonchev–Trinajstić information content (AvgIpc) is 3.08. The van der Waals surface area contributed by atoms with E-state index in [2.05, 4.69) is 15.4 Å². The Morgan fingerprint density at radius 3 is 2.53 bits per heavy atom. The van der Waals surface area contributed by atoms with Crippen molar-refractivity contribution < 1.29 is 9.53 Å². The molecule has 0 saturated heterocycles. The maximum atomic E-state index is 12.9. The van der Waals surface area contributed by atoms with E-state index in [1.54, 1.807) is 23.9 Å². The number of nitrogens with one attached hydrogen (secondary N) is 1. The van der Waals surface area contributed by atoms with Crippen molar-refractivity contribution in [2.45, 2.75) is 13.5 Å². The topological polar surface area (TPSA) is 69.0 Å². The van der Waals surface area contributed by atoms with Crippen LogP contribution < -0.4 is 10.1 Å². The van der Waals surface area contributed by atoms with Crippen molar-refractivity contribution in [3.05, 3.63) is 101 Å². The van der Waals surface area contributed by atoms with Crippen molar-refractivity contribution in [3.63, 3.8) is 0 Å². The lowest BCUT2D eigenvalue weighted by Gasteiger charge is -2.11. The summed E-state index contributed by atoms with van der Waals surface area (Å²) < 4.78 is 7.41. The molecule has 1 amide bonds. The molecule has 1 N–H and O–H groups in total. The van der Waals surface area contributed by atoms with Gasteiger partial charge in [-0.05, 0) is 31.2 Å². The number of pyridine rings is 1. The van der Waals surface area contributed by atoms with Crippen molar-refractivity contribution in [3.8, 4) is 17.3 Å².